The quantitative estimate of drug-likeness (QED) is 0.232. The standard InChI is InChI=1S/C22H21N5O5S/c1-14(28)15-3-5-17(6-4-15)22(29)26-25-18-9-7-16(8-10-18)20-12-11-19(27(2)23)13-21(20)33(30,31)32-24/h3-13H,23-24H2,1-2H3. The lowest BCUT2D eigenvalue weighted by Crippen LogP contribution is -2.25. The summed E-state index contributed by atoms with van der Waals surface area (Å²) in [5.74, 6) is 9.99. The number of azo groups is 1. The summed E-state index contributed by atoms with van der Waals surface area (Å²) >= 11 is 0. The summed E-state index contributed by atoms with van der Waals surface area (Å²) < 4.78 is 28.8. The van der Waals surface area contributed by atoms with Crippen LogP contribution in [0, 0.1) is 0 Å². The van der Waals surface area contributed by atoms with Gasteiger partial charge in [-0.15, -0.1) is 10.2 Å². The first-order chi connectivity index (χ1) is 15.6. The van der Waals surface area contributed by atoms with Crippen LogP contribution in [-0.2, 0) is 14.4 Å². The van der Waals surface area contributed by atoms with E-state index in [9.17, 15) is 18.0 Å². The zero-order chi connectivity index (χ0) is 24.2. The highest BCUT2D eigenvalue weighted by atomic mass is 32.2. The van der Waals surface area contributed by atoms with Crippen LogP contribution in [0.15, 0.2) is 81.9 Å². The van der Waals surface area contributed by atoms with E-state index in [0.717, 1.165) is 0 Å². The Morgan fingerprint density at radius 1 is 0.939 bits per heavy atom. The number of rotatable bonds is 7. The molecule has 3 rings (SSSR count). The van der Waals surface area contributed by atoms with Gasteiger partial charge >= 0.3 is 10.1 Å². The summed E-state index contributed by atoms with van der Waals surface area (Å²) in [4.78, 5) is 23.4. The monoisotopic (exact) mass is 467 g/mol. The molecule has 0 radical (unpaired) electrons. The molecule has 170 valence electrons. The Bertz CT molecular complexity index is 1320. The lowest BCUT2D eigenvalue weighted by atomic mass is 10.0. The second kappa shape index (κ2) is 9.79. The summed E-state index contributed by atoms with van der Waals surface area (Å²) in [5.41, 5.74) is 2.49. The topological polar surface area (TPSA) is 158 Å². The number of carbonyl (C=O) groups excluding carboxylic acids is 2. The molecule has 0 aliphatic heterocycles. The molecule has 0 atom stereocenters. The Labute approximate surface area is 190 Å². The number of benzene rings is 3. The predicted octanol–water partition coefficient (Wildman–Crippen LogP) is 3.37. The second-order valence-electron chi connectivity index (χ2n) is 7.03. The van der Waals surface area contributed by atoms with Crippen LogP contribution in [0.25, 0.3) is 11.1 Å². The first-order valence-corrected chi connectivity index (χ1v) is 11.0. The highest BCUT2D eigenvalue weighted by Gasteiger charge is 2.21. The van der Waals surface area contributed by atoms with E-state index in [1.807, 2.05) is 0 Å². The molecule has 0 saturated carbocycles. The molecular weight excluding hydrogens is 446 g/mol. The summed E-state index contributed by atoms with van der Waals surface area (Å²) in [5, 5.41) is 8.87. The van der Waals surface area contributed by atoms with Crippen molar-refractivity contribution in [2.24, 2.45) is 22.0 Å². The molecule has 3 aromatic rings. The van der Waals surface area contributed by atoms with Gasteiger partial charge in [0, 0.05) is 23.7 Å². The molecule has 11 heteroatoms. The number of hydrogen-bond acceptors (Lipinski definition) is 9. The zero-order valence-electron chi connectivity index (χ0n) is 17.8. The van der Waals surface area contributed by atoms with Gasteiger partial charge in [-0.3, -0.25) is 9.59 Å². The predicted molar refractivity (Wildman–Crippen MR) is 122 cm³/mol. The van der Waals surface area contributed by atoms with Gasteiger partial charge < -0.3 is 5.01 Å². The fourth-order valence-electron chi connectivity index (χ4n) is 2.94. The van der Waals surface area contributed by atoms with Gasteiger partial charge in [-0.25, -0.2) is 5.84 Å². The fraction of sp³-hybridized carbons (Fsp3) is 0.0909. The SMILES string of the molecule is CC(=O)c1ccc(C(=O)N=Nc2ccc(-c3ccc(N(C)N)cc3S(=O)(=O)ON)cc2)cc1. The van der Waals surface area contributed by atoms with Crippen LogP contribution in [-0.4, -0.2) is 27.2 Å². The molecule has 10 nitrogen and oxygen atoms in total. The molecule has 1 amide bonds. The van der Waals surface area contributed by atoms with E-state index in [1.165, 1.54) is 30.1 Å². The summed E-state index contributed by atoms with van der Waals surface area (Å²) in [6.45, 7) is 1.44. The van der Waals surface area contributed by atoms with Crippen molar-refractivity contribution >= 4 is 33.2 Å². The number of hydrazine groups is 1. The first kappa shape index (κ1) is 23.9. The van der Waals surface area contributed by atoms with Crippen molar-refractivity contribution < 1.29 is 22.3 Å². The van der Waals surface area contributed by atoms with E-state index in [0.29, 0.717) is 33.6 Å². The number of amides is 1. The number of nitrogens with zero attached hydrogens (tertiary/aromatic N) is 3. The molecular formula is C22H21N5O5S. The highest BCUT2D eigenvalue weighted by molar-refractivity contribution is 7.86. The van der Waals surface area contributed by atoms with Gasteiger partial charge in [-0.2, -0.15) is 18.6 Å². The Balaban J connectivity index is 1.86. The summed E-state index contributed by atoms with van der Waals surface area (Å²) in [6.07, 6.45) is 0. The molecule has 0 aliphatic carbocycles. The van der Waals surface area contributed by atoms with E-state index in [1.54, 1.807) is 55.6 Å². The van der Waals surface area contributed by atoms with Gasteiger partial charge in [0.2, 0.25) is 0 Å². The molecule has 0 aromatic heterocycles. The third kappa shape index (κ3) is 5.54. The lowest BCUT2D eigenvalue weighted by molar-refractivity contribution is 0.0989. The van der Waals surface area contributed by atoms with E-state index in [-0.39, 0.29) is 10.7 Å². The molecule has 0 bridgehead atoms. The van der Waals surface area contributed by atoms with Crippen molar-refractivity contribution in [1.29, 1.82) is 0 Å². The van der Waals surface area contributed by atoms with Crippen LogP contribution in [0.3, 0.4) is 0 Å². The van der Waals surface area contributed by atoms with Crippen molar-refractivity contribution in [3.63, 3.8) is 0 Å². The molecule has 0 aliphatic rings. The minimum Gasteiger partial charge on any atom is -0.314 e. The molecule has 0 fully saturated rings. The second-order valence-corrected chi connectivity index (χ2v) is 8.57. The number of carbonyl (C=O) groups is 2. The maximum absolute atomic E-state index is 12.3. The summed E-state index contributed by atoms with van der Waals surface area (Å²) in [7, 11) is -2.65. The largest absolute Gasteiger partial charge is 0.314 e. The Morgan fingerprint density at radius 2 is 1.55 bits per heavy atom. The Morgan fingerprint density at radius 3 is 2.09 bits per heavy atom. The molecule has 0 saturated heterocycles. The van der Waals surface area contributed by atoms with Crippen LogP contribution in [0.2, 0.25) is 0 Å². The molecule has 3 aromatic carbocycles. The first-order valence-electron chi connectivity index (χ1n) is 9.56. The van der Waals surface area contributed by atoms with Gasteiger partial charge in [-0.1, -0.05) is 30.3 Å². The van der Waals surface area contributed by atoms with E-state index in [4.69, 9.17) is 11.7 Å². The van der Waals surface area contributed by atoms with Gasteiger partial charge in [0.25, 0.3) is 5.91 Å². The van der Waals surface area contributed by atoms with Crippen molar-refractivity contribution in [1.82, 2.24) is 0 Å². The van der Waals surface area contributed by atoms with Crippen LogP contribution < -0.4 is 16.7 Å². The molecule has 4 N–H and O–H groups in total. The summed E-state index contributed by atoms with van der Waals surface area (Å²) in [6, 6.07) is 17.1. The third-order valence-corrected chi connectivity index (χ3v) is 5.87. The highest BCUT2D eigenvalue weighted by Crippen LogP contribution is 2.32. The number of Topliss-reactive ketones (excluding diaryl/α,β-unsaturated/α-hetero) is 1. The Kier molecular flexibility index (Phi) is 7.09. The smallest absolute Gasteiger partial charge is 0.313 e. The van der Waals surface area contributed by atoms with E-state index < -0.39 is 16.0 Å². The molecule has 0 heterocycles. The third-order valence-electron chi connectivity index (χ3n) is 4.74. The minimum atomic E-state index is -4.22. The van der Waals surface area contributed by atoms with Crippen molar-refractivity contribution in [3.05, 3.63) is 77.9 Å². The van der Waals surface area contributed by atoms with Gasteiger partial charge in [0.05, 0.1) is 11.4 Å². The zero-order valence-corrected chi connectivity index (χ0v) is 18.6. The van der Waals surface area contributed by atoms with E-state index in [2.05, 4.69) is 14.5 Å². The number of anilines is 1. The maximum Gasteiger partial charge on any atom is 0.313 e. The Hall–Kier alpha value is -3.77. The van der Waals surface area contributed by atoms with Gasteiger partial charge in [0.15, 0.2) is 5.78 Å². The van der Waals surface area contributed by atoms with Crippen molar-refractivity contribution in [3.8, 4) is 11.1 Å². The molecule has 0 unspecified atom stereocenters. The van der Waals surface area contributed by atoms with Crippen LogP contribution in [0.5, 0.6) is 0 Å². The van der Waals surface area contributed by atoms with Gasteiger partial charge in [-0.05, 0) is 48.9 Å². The minimum absolute atomic E-state index is 0.102. The molecule has 33 heavy (non-hydrogen) atoms. The normalized spacial score (nSPS) is 11.5. The van der Waals surface area contributed by atoms with Gasteiger partial charge in [0.1, 0.15) is 4.90 Å². The number of hydrogen-bond donors (Lipinski definition) is 2. The number of ketones is 1. The lowest BCUT2D eigenvalue weighted by Gasteiger charge is -2.16. The van der Waals surface area contributed by atoms with E-state index >= 15 is 0 Å². The maximum atomic E-state index is 12.3. The average molecular weight is 468 g/mol. The van der Waals surface area contributed by atoms with Crippen LogP contribution in [0.4, 0.5) is 11.4 Å². The van der Waals surface area contributed by atoms with Crippen molar-refractivity contribution in [2.45, 2.75) is 11.8 Å². The van der Waals surface area contributed by atoms with Crippen molar-refractivity contribution in [2.75, 3.05) is 12.1 Å². The molecule has 0 spiro atoms. The fourth-order valence-corrected chi connectivity index (χ4v) is 3.77. The van der Waals surface area contributed by atoms with Crippen LogP contribution >= 0.6 is 0 Å². The average Bonchev–Trinajstić information content (AvgIpc) is 2.82. The number of nitrogens with two attached hydrogens (primary N) is 2. The van der Waals surface area contributed by atoms with Crippen LogP contribution in [0.1, 0.15) is 27.6 Å².